The average molecular weight is 376 g/mol. The van der Waals surface area contributed by atoms with E-state index >= 15 is 0 Å². The monoisotopic (exact) mass is 375 g/mol. The standard InChI is InChI=1S/C17H15BrFN3O/c1-2-9-22-15-6-4-3-5-14(15)20-17(22)21-16(23)12-10-11(18)7-8-13(12)19/h3-8,10H,2,9H2,1H3,(H,20,21,23). The molecule has 4 nitrogen and oxygen atoms in total. The van der Waals surface area contributed by atoms with Crippen LogP contribution in [0, 0.1) is 5.82 Å². The lowest BCUT2D eigenvalue weighted by Crippen LogP contribution is -2.17. The fourth-order valence-corrected chi connectivity index (χ4v) is 2.82. The van der Waals surface area contributed by atoms with Crippen molar-refractivity contribution in [3.05, 3.63) is 58.3 Å². The van der Waals surface area contributed by atoms with E-state index in [0.29, 0.717) is 10.4 Å². The maximum atomic E-state index is 13.9. The number of amides is 1. The summed E-state index contributed by atoms with van der Waals surface area (Å²) in [6.07, 6.45) is 0.897. The van der Waals surface area contributed by atoms with Crippen LogP contribution in [0.2, 0.25) is 0 Å². The third-order valence-corrected chi connectivity index (χ3v) is 3.99. The number of rotatable bonds is 4. The van der Waals surface area contributed by atoms with Gasteiger partial charge in [0.2, 0.25) is 5.95 Å². The Morgan fingerprint density at radius 3 is 2.87 bits per heavy atom. The van der Waals surface area contributed by atoms with Crippen LogP contribution in [-0.4, -0.2) is 15.5 Å². The van der Waals surface area contributed by atoms with Gasteiger partial charge >= 0.3 is 0 Å². The molecule has 118 valence electrons. The Balaban J connectivity index is 1.99. The maximum absolute atomic E-state index is 13.9. The zero-order valence-corrected chi connectivity index (χ0v) is 14.1. The van der Waals surface area contributed by atoms with Crippen LogP contribution >= 0.6 is 15.9 Å². The van der Waals surface area contributed by atoms with E-state index in [1.165, 1.54) is 12.1 Å². The van der Waals surface area contributed by atoms with Crippen LogP contribution < -0.4 is 5.32 Å². The molecule has 1 amide bonds. The first kappa shape index (κ1) is 15.7. The van der Waals surface area contributed by atoms with E-state index in [2.05, 4.69) is 26.2 Å². The van der Waals surface area contributed by atoms with E-state index in [-0.39, 0.29) is 5.56 Å². The van der Waals surface area contributed by atoms with Gasteiger partial charge in [0.25, 0.3) is 5.91 Å². The molecule has 1 aromatic heterocycles. The molecule has 0 aliphatic heterocycles. The number of fused-ring (bicyclic) bond motifs is 1. The number of benzene rings is 2. The van der Waals surface area contributed by atoms with Crippen LogP contribution in [0.1, 0.15) is 23.7 Å². The third kappa shape index (κ3) is 3.12. The van der Waals surface area contributed by atoms with Gasteiger partial charge in [-0.15, -0.1) is 0 Å². The molecule has 1 N–H and O–H groups in total. The number of anilines is 1. The molecule has 0 radical (unpaired) electrons. The first-order chi connectivity index (χ1) is 11.1. The minimum atomic E-state index is -0.566. The van der Waals surface area contributed by atoms with Crippen LogP contribution in [0.5, 0.6) is 0 Å². The molecular formula is C17H15BrFN3O. The number of hydrogen-bond acceptors (Lipinski definition) is 2. The molecule has 6 heteroatoms. The largest absolute Gasteiger partial charge is 0.310 e. The Morgan fingerprint density at radius 2 is 2.09 bits per heavy atom. The van der Waals surface area contributed by atoms with Gasteiger partial charge in [-0.25, -0.2) is 9.37 Å². The van der Waals surface area contributed by atoms with Crippen molar-refractivity contribution in [3.63, 3.8) is 0 Å². The van der Waals surface area contributed by atoms with Gasteiger partial charge < -0.3 is 4.57 Å². The highest BCUT2D eigenvalue weighted by Gasteiger charge is 2.16. The number of carbonyl (C=O) groups is 1. The Hall–Kier alpha value is -2.21. The van der Waals surface area contributed by atoms with Crippen molar-refractivity contribution < 1.29 is 9.18 Å². The molecule has 23 heavy (non-hydrogen) atoms. The van der Waals surface area contributed by atoms with Crippen molar-refractivity contribution in [3.8, 4) is 0 Å². The SMILES string of the molecule is CCCn1c(NC(=O)c2cc(Br)ccc2F)nc2ccccc21. The molecule has 3 rings (SSSR count). The lowest BCUT2D eigenvalue weighted by Gasteiger charge is -2.09. The summed E-state index contributed by atoms with van der Waals surface area (Å²) in [5.74, 6) is -0.655. The van der Waals surface area contributed by atoms with Gasteiger partial charge in [0.1, 0.15) is 5.82 Å². The summed E-state index contributed by atoms with van der Waals surface area (Å²) >= 11 is 3.25. The van der Waals surface area contributed by atoms with Crippen LogP contribution in [0.15, 0.2) is 46.9 Å². The molecule has 0 aliphatic rings. The predicted octanol–water partition coefficient (Wildman–Crippen LogP) is 4.60. The smallest absolute Gasteiger partial charge is 0.260 e. The number of hydrogen-bond donors (Lipinski definition) is 1. The minimum absolute atomic E-state index is 0.0190. The molecule has 3 aromatic rings. The van der Waals surface area contributed by atoms with Gasteiger partial charge in [0, 0.05) is 11.0 Å². The van der Waals surface area contributed by atoms with E-state index in [9.17, 15) is 9.18 Å². The van der Waals surface area contributed by atoms with E-state index in [0.717, 1.165) is 24.0 Å². The number of para-hydroxylation sites is 2. The molecular weight excluding hydrogens is 361 g/mol. The summed E-state index contributed by atoms with van der Waals surface area (Å²) in [7, 11) is 0. The molecule has 0 spiro atoms. The van der Waals surface area contributed by atoms with Crippen LogP contribution in [-0.2, 0) is 6.54 Å². The molecule has 0 unspecified atom stereocenters. The predicted molar refractivity (Wildman–Crippen MR) is 92.1 cm³/mol. The highest BCUT2D eigenvalue weighted by molar-refractivity contribution is 9.10. The molecule has 0 saturated heterocycles. The third-order valence-electron chi connectivity index (χ3n) is 3.50. The molecule has 2 aromatic carbocycles. The number of imidazole rings is 1. The highest BCUT2D eigenvalue weighted by atomic mass is 79.9. The molecule has 0 atom stereocenters. The Bertz CT molecular complexity index is 875. The molecule has 0 bridgehead atoms. The fraction of sp³-hybridized carbons (Fsp3) is 0.176. The van der Waals surface area contributed by atoms with E-state index < -0.39 is 11.7 Å². The Labute approximate surface area is 141 Å². The zero-order chi connectivity index (χ0) is 16.4. The molecule has 0 fully saturated rings. The average Bonchev–Trinajstić information content (AvgIpc) is 2.88. The Morgan fingerprint density at radius 1 is 1.30 bits per heavy atom. The first-order valence-electron chi connectivity index (χ1n) is 7.32. The number of nitrogens with one attached hydrogen (secondary N) is 1. The van der Waals surface area contributed by atoms with Gasteiger partial charge in [-0.1, -0.05) is 35.0 Å². The van der Waals surface area contributed by atoms with Crippen LogP contribution in [0.4, 0.5) is 10.3 Å². The van der Waals surface area contributed by atoms with Gasteiger partial charge in [-0.2, -0.15) is 0 Å². The van der Waals surface area contributed by atoms with Gasteiger partial charge in [0.15, 0.2) is 0 Å². The van der Waals surface area contributed by atoms with E-state index in [1.54, 1.807) is 6.07 Å². The molecule has 1 heterocycles. The molecule has 0 aliphatic carbocycles. The van der Waals surface area contributed by atoms with Crippen molar-refractivity contribution in [2.24, 2.45) is 0 Å². The summed E-state index contributed by atoms with van der Waals surface area (Å²) in [6, 6.07) is 11.9. The quantitative estimate of drug-likeness (QED) is 0.724. The second-order valence-electron chi connectivity index (χ2n) is 5.15. The van der Waals surface area contributed by atoms with Gasteiger partial charge in [-0.3, -0.25) is 10.1 Å². The number of aryl methyl sites for hydroxylation is 1. The number of halogens is 2. The van der Waals surface area contributed by atoms with Crippen molar-refractivity contribution in [1.29, 1.82) is 0 Å². The summed E-state index contributed by atoms with van der Waals surface area (Å²) in [5.41, 5.74) is 1.72. The van der Waals surface area contributed by atoms with Crippen molar-refractivity contribution in [2.45, 2.75) is 19.9 Å². The summed E-state index contributed by atoms with van der Waals surface area (Å²) < 4.78 is 16.4. The van der Waals surface area contributed by atoms with E-state index in [4.69, 9.17) is 0 Å². The highest BCUT2D eigenvalue weighted by Crippen LogP contribution is 2.22. The maximum Gasteiger partial charge on any atom is 0.260 e. The summed E-state index contributed by atoms with van der Waals surface area (Å²) in [4.78, 5) is 16.8. The van der Waals surface area contributed by atoms with Crippen molar-refractivity contribution >= 4 is 38.8 Å². The van der Waals surface area contributed by atoms with Gasteiger partial charge in [-0.05, 0) is 36.8 Å². The number of carbonyl (C=O) groups excluding carboxylic acids is 1. The number of aromatic nitrogens is 2. The molecule has 0 saturated carbocycles. The number of nitrogens with zero attached hydrogens (tertiary/aromatic N) is 2. The topological polar surface area (TPSA) is 46.9 Å². The van der Waals surface area contributed by atoms with Crippen molar-refractivity contribution in [1.82, 2.24) is 9.55 Å². The summed E-state index contributed by atoms with van der Waals surface area (Å²) in [6.45, 7) is 2.77. The van der Waals surface area contributed by atoms with E-state index in [1.807, 2.05) is 35.8 Å². The first-order valence-corrected chi connectivity index (χ1v) is 8.11. The lowest BCUT2D eigenvalue weighted by molar-refractivity contribution is 0.102. The second kappa shape index (κ2) is 6.50. The van der Waals surface area contributed by atoms with Crippen LogP contribution in [0.3, 0.4) is 0 Å². The minimum Gasteiger partial charge on any atom is -0.310 e. The normalized spacial score (nSPS) is 10.9. The Kier molecular flexibility index (Phi) is 4.43. The summed E-state index contributed by atoms with van der Waals surface area (Å²) in [5, 5.41) is 2.72. The van der Waals surface area contributed by atoms with Crippen molar-refractivity contribution in [2.75, 3.05) is 5.32 Å². The van der Waals surface area contributed by atoms with Crippen LogP contribution in [0.25, 0.3) is 11.0 Å². The second-order valence-corrected chi connectivity index (χ2v) is 6.07. The lowest BCUT2D eigenvalue weighted by atomic mass is 10.2. The zero-order valence-electron chi connectivity index (χ0n) is 12.5. The van der Waals surface area contributed by atoms with Gasteiger partial charge in [0.05, 0.1) is 16.6 Å². The fourth-order valence-electron chi connectivity index (χ4n) is 2.46.